The molecule has 0 saturated carbocycles. The molecule has 3 nitrogen and oxygen atoms in total. The Bertz CT molecular complexity index is 647. The maximum atomic E-state index is 12.5. The third kappa shape index (κ3) is 3.41. The van der Waals surface area contributed by atoms with Crippen molar-refractivity contribution in [2.45, 2.75) is 25.9 Å². The van der Waals surface area contributed by atoms with Gasteiger partial charge in [-0.05, 0) is 30.5 Å². The summed E-state index contributed by atoms with van der Waals surface area (Å²) in [6.45, 7) is 1.94. The third-order valence-electron chi connectivity index (χ3n) is 2.81. The topological polar surface area (TPSA) is 50.2 Å². The fourth-order valence-electron chi connectivity index (χ4n) is 1.84. The van der Waals surface area contributed by atoms with E-state index in [-0.39, 0.29) is 5.69 Å². The van der Waals surface area contributed by atoms with Gasteiger partial charge < -0.3 is 5.11 Å². The minimum absolute atomic E-state index is 0.108. The number of benzene rings is 1. The molecule has 0 saturated heterocycles. The largest absolute Gasteiger partial charge is 0.476 e. The van der Waals surface area contributed by atoms with Crippen molar-refractivity contribution in [3.63, 3.8) is 0 Å². The molecule has 1 aromatic heterocycles. The van der Waals surface area contributed by atoms with Crippen LogP contribution in [0.15, 0.2) is 24.3 Å². The number of aromatic nitrogens is 1. The van der Waals surface area contributed by atoms with Crippen LogP contribution >= 0.6 is 11.3 Å². The van der Waals surface area contributed by atoms with Gasteiger partial charge in [0, 0.05) is 0 Å². The van der Waals surface area contributed by atoms with E-state index in [1.165, 1.54) is 23.5 Å². The first-order chi connectivity index (χ1) is 9.82. The normalized spacial score (nSPS) is 11.6. The Labute approximate surface area is 123 Å². The van der Waals surface area contributed by atoms with Crippen LogP contribution in [0.25, 0.3) is 10.4 Å². The van der Waals surface area contributed by atoms with E-state index in [1.54, 1.807) is 0 Å². The number of thiazole rings is 1. The summed E-state index contributed by atoms with van der Waals surface area (Å²) in [7, 11) is 0. The second kappa shape index (κ2) is 5.85. The van der Waals surface area contributed by atoms with Crippen LogP contribution < -0.4 is 0 Å². The zero-order valence-electron chi connectivity index (χ0n) is 11.1. The highest BCUT2D eigenvalue weighted by molar-refractivity contribution is 7.15. The highest BCUT2D eigenvalue weighted by atomic mass is 32.1. The molecule has 0 aliphatic rings. The fraction of sp³-hybridized carbons (Fsp3) is 0.286. The highest BCUT2D eigenvalue weighted by Crippen LogP contribution is 2.34. The molecular weight excluding hydrogens is 303 g/mol. The Hall–Kier alpha value is -1.89. The van der Waals surface area contributed by atoms with Crippen LogP contribution in [0.2, 0.25) is 0 Å². The molecule has 2 aromatic rings. The van der Waals surface area contributed by atoms with Gasteiger partial charge in [0.2, 0.25) is 0 Å². The van der Waals surface area contributed by atoms with Crippen molar-refractivity contribution in [1.82, 2.24) is 4.98 Å². The average molecular weight is 315 g/mol. The summed E-state index contributed by atoms with van der Waals surface area (Å²) in [5, 5.41) is 9.83. The maximum absolute atomic E-state index is 12.5. The number of hydrogen-bond acceptors (Lipinski definition) is 3. The van der Waals surface area contributed by atoms with Crippen LogP contribution in [-0.4, -0.2) is 16.1 Å². The van der Waals surface area contributed by atoms with Gasteiger partial charge >= 0.3 is 12.1 Å². The molecule has 0 radical (unpaired) electrons. The Kier molecular flexibility index (Phi) is 4.32. The van der Waals surface area contributed by atoms with Gasteiger partial charge in [-0.1, -0.05) is 19.1 Å². The molecule has 0 amide bonds. The first-order valence-electron chi connectivity index (χ1n) is 6.23. The number of alkyl halides is 3. The van der Waals surface area contributed by atoms with Crippen molar-refractivity contribution < 1.29 is 23.1 Å². The third-order valence-corrected chi connectivity index (χ3v) is 3.98. The molecule has 21 heavy (non-hydrogen) atoms. The predicted octanol–water partition coefficient (Wildman–Crippen LogP) is 4.48. The maximum Gasteiger partial charge on any atom is 0.416 e. The smallest absolute Gasteiger partial charge is 0.416 e. The van der Waals surface area contributed by atoms with Crippen LogP contribution in [-0.2, 0) is 12.6 Å². The molecule has 0 spiro atoms. The summed E-state index contributed by atoms with van der Waals surface area (Å²) in [5.74, 6) is -1.18. The lowest BCUT2D eigenvalue weighted by Crippen LogP contribution is -2.04. The predicted molar refractivity (Wildman–Crippen MR) is 73.5 cm³/mol. The van der Waals surface area contributed by atoms with E-state index in [9.17, 15) is 18.0 Å². The number of carbonyl (C=O) groups is 1. The van der Waals surface area contributed by atoms with E-state index in [4.69, 9.17) is 5.11 Å². The van der Waals surface area contributed by atoms with Crippen molar-refractivity contribution in [3.8, 4) is 10.4 Å². The van der Waals surface area contributed by atoms with E-state index in [2.05, 4.69) is 4.98 Å². The van der Waals surface area contributed by atoms with Crippen LogP contribution in [0.5, 0.6) is 0 Å². The summed E-state index contributed by atoms with van der Waals surface area (Å²) in [6, 6.07) is 4.44. The Morgan fingerprint density at radius 1 is 1.29 bits per heavy atom. The highest BCUT2D eigenvalue weighted by Gasteiger charge is 2.30. The molecule has 7 heteroatoms. The van der Waals surface area contributed by atoms with Crippen molar-refractivity contribution >= 4 is 17.3 Å². The molecule has 0 unspecified atom stereocenters. The number of hydrogen-bond donors (Lipinski definition) is 1. The number of carboxylic acids is 1. The van der Waals surface area contributed by atoms with Crippen LogP contribution in [0.3, 0.4) is 0 Å². The first kappa shape index (κ1) is 15.5. The zero-order valence-corrected chi connectivity index (χ0v) is 11.9. The van der Waals surface area contributed by atoms with Gasteiger partial charge in [-0.3, -0.25) is 0 Å². The Morgan fingerprint density at radius 3 is 2.38 bits per heavy atom. The van der Waals surface area contributed by atoms with Crippen molar-refractivity contribution in [1.29, 1.82) is 0 Å². The number of rotatable bonds is 4. The second-order valence-electron chi connectivity index (χ2n) is 4.42. The Balaban J connectivity index is 2.43. The molecule has 0 aliphatic carbocycles. The molecule has 1 heterocycles. The van der Waals surface area contributed by atoms with E-state index < -0.39 is 17.7 Å². The molecule has 2 rings (SSSR count). The summed E-state index contributed by atoms with van der Waals surface area (Å²) >= 11 is 1.21. The monoisotopic (exact) mass is 315 g/mol. The molecule has 0 bridgehead atoms. The fourth-order valence-corrected chi connectivity index (χ4v) is 3.00. The van der Waals surface area contributed by atoms with Crippen LogP contribution in [0.1, 0.15) is 34.4 Å². The molecule has 1 N–H and O–H groups in total. The number of halogens is 3. The van der Waals surface area contributed by atoms with Crippen LogP contribution in [0, 0.1) is 0 Å². The number of nitrogens with zero attached hydrogens (tertiary/aromatic N) is 1. The minimum Gasteiger partial charge on any atom is -0.476 e. The van der Waals surface area contributed by atoms with Gasteiger partial charge in [-0.2, -0.15) is 13.2 Å². The lowest BCUT2D eigenvalue weighted by atomic mass is 10.1. The molecule has 0 fully saturated rings. The molecule has 0 atom stereocenters. The zero-order chi connectivity index (χ0) is 15.6. The second-order valence-corrected chi connectivity index (χ2v) is 5.50. The standard InChI is InChI=1S/C14H12F3NO2S/c1-2-3-10-18-11(13(19)20)12(21-10)8-4-6-9(7-5-8)14(15,16)17/h4-7H,2-3H2,1H3,(H,19,20). The van der Waals surface area contributed by atoms with Gasteiger partial charge in [-0.25, -0.2) is 9.78 Å². The van der Waals surface area contributed by atoms with E-state index in [1.807, 2.05) is 6.92 Å². The van der Waals surface area contributed by atoms with Gasteiger partial charge in [0.1, 0.15) is 0 Å². The molecular formula is C14H12F3NO2S. The van der Waals surface area contributed by atoms with Gasteiger partial charge in [0.05, 0.1) is 15.4 Å². The summed E-state index contributed by atoms with van der Waals surface area (Å²) in [6.07, 6.45) is -2.94. The summed E-state index contributed by atoms with van der Waals surface area (Å²) < 4.78 is 37.6. The lowest BCUT2D eigenvalue weighted by Gasteiger charge is -2.07. The number of carboxylic acid groups (broad SMARTS) is 1. The van der Waals surface area contributed by atoms with Crippen molar-refractivity contribution in [2.75, 3.05) is 0 Å². The van der Waals surface area contributed by atoms with Gasteiger partial charge in [0.25, 0.3) is 0 Å². The quantitative estimate of drug-likeness (QED) is 0.905. The lowest BCUT2D eigenvalue weighted by molar-refractivity contribution is -0.137. The van der Waals surface area contributed by atoms with Gasteiger partial charge in [-0.15, -0.1) is 11.3 Å². The van der Waals surface area contributed by atoms with E-state index in [0.29, 0.717) is 21.9 Å². The summed E-state index contributed by atoms with van der Waals surface area (Å²) in [4.78, 5) is 15.6. The molecule has 0 aliphatic heterocycles. The number of aromatic carboxylic acids is 1. The average Bonchev–Trinajstić information content (AvgIpc) is 2.82. The van der Waals surface area contributed by atoms with Gasteiger partial charge in [0.15, 0.2) is 5.69 Å². The van der Waals surface area contributed by atoms with Crippen molar-refractivity contribution in [2.24, 2.45) is 0 Å². The molecule has 1 aromatic carbocycles. The minimum atomic E-state index is -4.41. The Morgan fingerprint density at radius 2 is 1.90 bits per heavy atom. The van der Waals surface area contributed by atoms with Crippen LogP contribution in [0.4, 0.5) is 13.2 Å². The van der Waals surface area contributed by atoms with Crippen molar-refractivity contribution in [3.05, 3.63) is 40.5 Å². The van der Waals surface area contributed by atoms with E-state index >= 15 is 0 Å². The SMILES string of the molecule is CCCc1nc(C(=O)O)c(-c2ccc(C(F)(F)F)cc2)s1. The van der Waals surface area contributed by atoms with E-state index in [0.717, 1.165) is 18.6 Å². The number of aryl methyl sites for hydroxylation is 1. The first-order valence-corrected chi connectivity index (χ1v) is 7.05. The molecule has 112 valence electrons. The summed E-state index contributed by atoms with van der Waals surface area (Å²) in [5.41, 5.74) is -0.440.